The molecule has 12 heavy (non-hydrogen) atoms. The Bertz CT molecular complexity index is 282. The summed E-state index contributed by atoms with van der Waals surface area (Å²) in [4.78, 5) is 2.28. The zero-order valence-corrected chi connectivity index (χ0v) is 7.75. The van der Waals surface area contributed by atoms with E-state index in [2.05, 4.69) is 35.6 Å². The second kappa shape index (κ2) is 2.85. The predicted octanol–water partition coefficient (Wildman–Crippen LogP) is -0.629. The third-order valence-electron chi connectivity index (χ3n) is 2.39. The molecule has 0 atom stereocenters. The first-order valence-corrected chi connectivity index (χ1v) is 4.53. The molecule has 0 saturated heterocycles. The molecule has 1 aliphatic rings. The Morgan fingerprint density at radius 2 is 2.17 bits per heavy atom. The molecule has 1 aromatic heterocycles. The van der Waals surface area contributed by atoms with Crippen LogP contribution in [0.3, 0.4) is 0 Å². The summed E-state index contributed by atoms with van der Waals surface area (Å²) in [6.07, 6.45) is 2.53. The normalized spacial score (nSPS) is 17.2. The molecule has 2 rings (SSSR count). The van der Waals surface area contributed by atoms with Gasteiger partial charge in [0, 0.05) is 25.7 Å². The molecule has 0 amide bonds. The summed E-state index contributed by atoms with van der Waals surface area (Å²) in [5.74, 6) is 1.27. The molecule has 1 aliphatic heterocycles. The summed E-state index contributed by atoms with van der Waals surface area (Å²) in [6.45, 7) is 2.23. The van der Waals surface area contributed by atoms with Gasteiger partial charge in [0.1, 0.15) is 5.82 Å². The first-order valence-electron chi connectivity index (χ1n) is 4.53. The Morgan fingerprint density at radius 1 is 1.42 bits per heavy atom. The minimum Gasteiger partial charge on any atom is -0.360 e. The molecular weight excluding hydrogens is 149 g/mol. The second-order valence-electron chi connectivity index (χ2n) is 3.50. The van der Waals surface area contributed by atoms with Gasteiger partial charge in [0.2, 0.25) is 0 Å². The molecule has 0 saturated carbocycles. The van der Waals surface area contributed by atoms with Crippen molar-refractivity contribution in [3.8, 4) is 0 Å². The van der Waals surface area contributed by atoms with E-state index in [1.54, 1.807) is 0 Å². The Morgan fingerprint density at radius 3 is 3.00 bits per heavy atom. The minimum atomic E-state index is 1.08. The van der Waals surface area contributed by atoms with E-state index in [0.717, 1.165) is 18.7 Å². The maximum atomic E-state index is 4.44. The molecule has 2 heterocycles. The Balaban J connectivity index is 2.38. The largest absolute Gasteiger partial charge is 0.360 e. The summed E-state index contributed by atoms with van der Waals surface area (Å²) in [6, 6.07) is 2.16. The summed E-state index contributed by atoms with van der Waals surface area (Å²) in [5.41, 5.74) is 1.12. The van der Waals surface area contributed by atoms with Crippen LogP contribution in [0.2, 0.25) is 0 Å². The lowest BCUT2D eigenvalue weighted by Gasteiger charge is -2.15. The molecule has 1 aromatic rings. The van der Waals surface area contributed by atoms with Crippen LogP contribution in [0.5, 0.6) is 0 Å². The van der Waals surface area contributed by atoms with Crippen LogP contribution < -0.4 is 10.5 Å². The van der Waals surface area contributed by atoms with Crippen molar-refractivity contribution in [2.45, 2.75) is 19.4 Å². The van der Waals surface area contributed by atoms with E-state index in [4.69, 9.17) is 0 Å². The van der Waals surface area contributed by atoms with Gasteiger partial charge in [-0.2, -0.15) is 5.10 Å². The van der Waals surface area contributed by atoms with E-state index in [9.17, 15) is 0 Å². The highest BCUT2D eigenvalue weighted by Crippen LogP contribution is 2.15. The quantitative estimate of drug-likeness (QED) is 0.475. The van der Waals surface area contributed by atoms with E-state index in [1.165, 1.54) is 18.7 Å². The summed E-state index contributed by atoms with van der Waals surface area (Å²) < 4.78 is 2.11. The van der Waals surface area contributed by atoms with Gasteiger partial charge in [0.25, 0.3) is 0 Å². The third kappa shape index (κ3) is 1.21. The van der Waals surface area contributed by atoms with Crippen LogP contribution in [0.25, 0.3) is 0 Å². The highest BCUT2D eigenvalue weighted by atomic mass is 15.4. The lowest BCUT2D eigenvalue weighted by molar-refractivity contribution is 0.597. The maximum Gasteiger partial charge on any atom is 0.166 e. The van der Waals surface area contributed by atoms with E-state index in [0.29, 0.717) is 0 Å². The minimum absolute atomic E-state index is 1.08. The van der Waals surface area contributed by atoms with Crippen molar-refractivity contribution in [3.05, 3.63) is 6.07 Å². The number of hydrogen-bond donors (Lipinski definition) is 0. The van der Waals surface area contributed by atoms with Crippen molar-refractivity contribution in [2.24, 2.45) is 0 Å². The molecule has 0 N–H and O–H groups in total. The van der Waals surface area contributed by atoms with Crippen LogP contribution in [0, 0.1) is 0 Å². The highest BCUT2D eigenvalue weighted by molar-refractivity contribution is 6.30. The molecule has 0 fully saturated rings. The van der Waals surface area contributed by atoms with Crippen molar-refractivity contribution < 1.29 is 0 Å². The fraction of sp³-hybridized carbons (Fsp3) is 0.625. The fourth-order valence-electron chi connectivity index (χ4n) is 1.73. The highest BCUT2D eigenvalue weighted by Gasteiger charge is 2.12. The predicted molar refractivity (Wildman–Crippen MR) is 52.9 cm³/mol. The topological polar surface area (TPSA) is 21.1 Å². The summed E-state index contributed by atoms with van der Waals surface area (Å²) >= 11 is 0. The van der Waals surface area contributed by atoms with Crippen LogP contribution >= 0.6 is 0 Å². The molecule has 0 spiro atoms. The average Bonchev–Trinajstić information content (AvgIpc) is 2.33. The van der Waals surface area contributed by atoms with Crippen LogP contribution in [0.15, 0.2) is 6.07 Å². The van der Waals surface area contributed by atoms with E-state index < -0.39 is 0 Å². The summed E-state index contributed by atoms with van der Waals surface area (Å²) in [5, 5.41) is 4.44. The van der Waals surface area contributed by atoms with Crippen LogP contribution in [-0.2, 0) is 6.54 Å². The smallest absolute Gasteiger partial charge is 0.166 e. The van der Waals surface area contributed by atoms with Gasteiger partial charge in [-0.15, -0.1) is 0 Å². The number of nitrogens with zero attached hydrogens (tertiary/aromatic N) is 3. The number of fused-ring (bicyclic) bond motifs is 1. The molecule has 3 nitrogen and oxygen atoms in total. The lowest BCUT2D eigenvalue weighted by atomic mass is 10.1. The number of aryl methyl sites for hydroxylation is 1. The lowest BCUT2D eigenvalue weighted by Crippen LogP contribution is -2.18. The molecule has 0 radical (unpaired) electrons. The Hall–Kier alpha value is -0.925. The monoisotopic (exact) mass is 163 g/mol. The molecule has 64 valence electrons. The first kappa shape index (κ1) is 7.71. The SMILES string of the molecule is Bc1cc2n(n1)CCCCN2C. The van der Waals surface area contributed by atoms with Crippen molar-refractivity contribution in [3.63, 3.8) is 0 Å². The van der Waals surface area contributed by atoms with Crippen LogP contribution in [0.4, 0.5) is 5.82 Å². The molecular formula is C8H14BN3. The van der Waals surface area contributed by atoms with Gasteiger partial charge >= 0.3 is 0 Å². The first-order chi connectivity index (χ1) is 5.77. The number of aromatic nitrogens is 2. The van der Waals surface area contributed by atoms with Crippen molar-refractivity contribution in [2.75, 3.05) is 18.5 Å². The summed E-state index contributed by atoms with van der Waals surface area (Å²) in [7, 11) is 4.19. The number of anilines is 1. The van der Waals surface area contributed by atoms with Gasteiger partial charge in [0.05, 0.1) is 0 Å². The van der Waals surface area contributed by atoms with E-state index in [-0.39, 0.29) is 0 Å². The zero-order valence-electron chi connectivity index (χ0n) is 7.75. The van der Waals surface area contributed by atoms with Gasteiger partial charge in [0.15, 0.2) is 7.85 Å². The fourth-order valence-corrected chi connectivity index (χ4v) is 1.73. The van der Waals surface area contributed by atoms with Crippen molar-refractivity contribution in [1.82, 2.24) is 9.78 Å². The molecule has 0 bridgehead atoms. The van der Waals surface area contributed by atoms with Gasteiger partial charge in [-0.1, -0.05) is 0 Å². The van der Waals surface area contributed by atoms with Crippen LogP contribution in [0.1, 0.15) is 12.8 Å². The maximum absolute atomic E-state index is 4.44. The number of rotatable bonds is 0. The van der Waals surface area contributed by atoms with E-state index in [1.807, 2.05) is 0 Å². The van der Waals surface area contributed by atoms with Crippen LogP contribution in [-0.4, -0.2) is 31.2 Å². The Labute approximate surface area is 73.8 Å². The third-order valence-corrected chi connectivity index (χ3v) is 2.39. The van der Waals surface area contributed by atoms with Gasteiger partial charge in [-0.05, 0) is 18.9 Å². The molecule has 0 aliphatic carbocycles. The Kier molecular flexibility index (Phi) is 1.83. The molecule has 0 aromatic carbocycles. The standard InChI is InChI=1S/C8H14BN3/c1-11-4-2-3-5-12-8(11)6-7(9)10-12/h6H,2-5,9H2,1H3. The number of hydrogen-bond acceptors (Lipinski definition) is 2. The van der Waals surface area contributed by atoms with Gasteiger partial charge in [-0.3, -0.25) is 4.68 Å². The molecule has 4 heteroatoms. The van der Waals surface area contributed by atoms with Crippen molar-refractivity contribution >= 4 is 19.3 Å². The molecule has 0 unspecified atom stereocenters. The zero-order chi connectivity index (χ0) is 8.55. The van der Waals surface area contributed by atoms with E-state index >= 15 is 0 Å². The van der Waals surface area contributed by atoms with Gasteiger partial charge < -0.3 is 4.90 Å². The van der Waals surface area contributed by atoms with Crippen molar-refractivity contribution in [1.29, 1.82) is 0 Å². The second-order valence-corrected chi connectivity index (χ2v) is 3.50. The average molecular weight is 163 g/mol. The van der Waals surface area contributed by atoms with Gasteiger partial charge in [-0.25, -0.2) is 0 Å².